The lowest BCUT2D eigenvalue weighted by Crippen LogP contribution is -2.03. The van der Waals surface area contributed by atoms with E-state index in [1.54, 1.807) is 12.1 Å². The van der Waals surface area contributed by atoms with Crippen LogP contribution in [0.3, 0.4) is 0 Å². The van der Waals surface area contributed by atoms with Crippen LogP contribution in [0.2, 0.25) is 10.0 Å². The monoisotopic (exact) mass is 516 g/mol. The number of nitrogen functional groups attached to an aromatic ring is 1. The van der Waals surface area contributed by atoms with Gasteiger partial charge in [-0.1, -0.05) is 35.3 Å². The van der Waals surface area contributed by atoms with Gasteiger partial charge in [0.25, 0.3) is 0 Å². The molecule has 2 aromatic carbocycles. The number of rotatable bonds is 6. The van der Waals surface area contributed by atoms with Crippen molar-refractivity contribution in [1.29, 1.82) is 10.5 Å². The lowest BCUT2D eigenvalue weighted by Gasteiger charge is -2.14. The molecule has 8 heteroatoms. The number of benzene rings is 2. The van der Waals surface area contributed by atoms with Gasteiger partial charge in [0.15, 0.2) is 11.5 Å². The Morgan fingerprint density at radius 1 is 1.03 bits per heavy atom. The largest absolute Gasteiger partial charge is 0.490 e. The molecule has 1 aliphatic carbocycles. The van der Waals surface area contributed by atoms with E-state index in [0.29, 0.717) is 50.5 Å². The molecule has 2 N–H and O–H groups in total. The number of nitrogens with two attached hydrogens (primary N) is 1. The van der Waals surface area contributed by atoms with Crippen LogP contribution in [0.5, 0.6) is 11.5 Å². The zero-order valence-electron chi connectivity index (χ0n) is 19.9. The van der Waals surface area contributed by atoms with E-state index in [2.05, 4.69) is 17.1 Å². The quantitative estimate of drug-likeness (QED) is 0.378. The topological polar surface area (TPSA) is 105 Å². The number of ether oxygens (including phenoxy) is 2. The summed E-state index contributed by atoms with van der Waals surface area (Å²) in [4.78, 5) is 4.38. The molecule has 180 valence electrons. The maximum atomic E-state index is 9.78. The Kier molecular flexibility index (Phi) is 7.22. The van der Waals surface area contributed by atoms with Crippen molar-refractivity contribution in [2.45, 2.75) is 27.4 Å². The first-order valence-corrected chi connectivity index (χ1v) is 11.9. The number of hydrogen-bond acceptors (Lipinski definition) is 6. The summed E-state index contributed by atoms with van der Waals surface area (Å²) in [5.74, 6) is 1.26. The average Bonchev–Trinajstić information content (AvgIpc) is 3.10. The summed E-state index contributed by atoms with van der Waals surface area (Å²) in [6.07, 6.45) is 1.95. The first-order chi connectivity index (χ1) is 17.3. The molecular weight excluding hydrogens is 495 g/mol. The van der Waals surface area contributed by atoms with Crippen molar-refractivity contribution >= 4 is 46.2 Å². The Morgan fingerprint density at radius 3 is 2.47 bits per heavy atom. The van der Waals surface area contributed by atoms with Gasteiger partial charge in [-0.2, -0.15) is 10.5 Å². The molecule has 0 fully saturated rings. The number of nitrogens with zero attached hydrogens (tertiary/aromatic N) is 3. The third kappa shape index (κ3) is 4.62. The highest BCUT2D eigenvalue weighted by Crippen LogP contribution is 2.44. The fourth-order valence-corrected chi connectivity index (χ4v) is 4.62. The Morgan fingerprint density at radius 2 is 1.81 bits per heavy atom. The SMILES string of the molecule is CCOc1cc(/C=C2/C(C)=C(C#N)c3nc(N)c(C#N)c(C)c32)ccc1OCc1ccc(Cl)cc1Cl. The first kappa shape index (κ1) is 25.1. The van der Waals surface area contributed by atoms with E-state index in [-0.39, 0.29) is 12.4 Å². The smallest absolute Gasteiger partial charge is 0.161 e. The second kappa shape index (κ2) is 10.3. The van der Waals surface area contributed by atoms with Crippen molar-refractivity contribution in [2.75, 3.05) is 12.3 Å². The maximum absolute atomic E-state index is 9.78. The highest BCUT2D eigenvalue weighted by molar-refractivity contribution is 6.35. The fraction of sp³-hybridized carbons (Fsp3) is 0.179. The molecule has 0 unspecified atom stereocenters. The Bertz CT molecular complexity index is 1530. The molecule has 0 saturated heterocycles. The normalized spacial score (nSPS) is 13.4. The third-order valence-corrected chi connectivity index (χ3v) is 6.55. The lowest BCUT2D eigenvalue weighted by molar-refractivity contribution is 0.269. The highest BCUT2D eigenvalue weighted by atomic mass is 35.5. The van der Waals surface area contributed by atoms with Gasteiger partial charge in [0.2, 0.25) is 0 Å². The van der Waals surface area contributed by atoms with Gasteiger partial charge in [0.05, 0.1) is 23.4 Å². The van der Waals surface area contributed by atoms with E-state index in [9.17, 15) is 10.5 Å². The second-order valence-electron chi connectivity index (χ2n) is 8.17. The van der Waals surface area contributed by atoms with Crippen LogP contribution >= 0.6 is 23.2 Å². The Hall–Kier alpha value is -3.97. The van der Waals surface area contributed by atoms with E-state index >= 15 is 0 Å². The molecule has 36 heavy (non-hydrogen) atoms. The standard InChI is InChI=1S/C28H22Cl2N4O2/c1-4-35-25-10-17(5-8-24(25)36-14-18-6-7-19(29)11-23(18)30)9-20-15(2)21(12-31)27-26(20)16(3)22(13-32)28(33)34-27/h5-11H,4,14H2,1-3H3,(H2,33,34)/b20-9-. The number of aromatic nitrogens is 1. The van der Waals surface area contributed by atoms with Crippen LogP contribution in [0.25, 0.3) is 17.2 Å². The molecule has 0 amide bonds. The van der Waals surface area contributed by atoms with Crippen LogP contribution in [0, 0.1) is 29.6 Å². The van der Waals surface area contributed by atoms with Gasteiger partial charge in [-0.05, 0) is 73.4 Å². The van der Waals surface area contributed by atoms with Crippen molar-refractivity contribution < 1.29 is 9.47 Å². The van der Waals surface area contributed by atoms with Crippen LogP contribution < -0.4 is 15.2 Å². The van der Waals surface area contributed by atoms with Gasteiger partial charge in [0.1, 0.15) is 24.6 Å². The number of fused-ring (bicyclic) bond motifs is 1. The van der Waals surface area contributed by atoms with Crippen molar-refractivity contribution in [2.24, 2.45) is 0 Å². The molecular formula is C28H22Cl2N4O2. The molecule has 1 heterocycles. The van der Waals surface area contributed by atoms with E-state index < -0.39 is 0 Å². The van der Waals surface area contributed by atoms with Crippen molar-refractivity contribution in [3.8, 4) is 23.6 Å². The van der Waals surface area contributed by atoms with Gasteiger partial charge in [-0.15, -0.1) is 0 Å². The number of pyridine rings is 1. The predicted molar refractivity (Wildman–Crippen MR) is 143 cm³/mol. The highest BCUT2D eigenvalue weighted by Gasteiger charge is 2.29. The van der Waals surface area contributed by atoms with Gasteiger partial charge < -0.3 is 15.2 Å². The number of allylic oxidation sites excluding steroid dienone is 3. The number of hydrogen-bond donors (Lipinski definition) is 1. The molecule has 0 bridgehead atoms. The van der Waals surface area contributed by atoms with Crippen LogP contribution in [0.15, 0.2) is 42.0 Å². The van der Waals surface area contributed by atoms with Crippen molar-refractivity contribution in [3.05, 3.63) is 85.5 Å². The summed E-state index contributed by atoms with van der Waals surface area (Å²) >= 11 is 12.3. The predicted octanol–water partition coefficient (Wildman–Crippen LogP) is 6.98. The molecule has 1 aliphatic rings. The minimum Gasteiger partial charge on any atom is -0.490 e. The van der Waals surface area contributed by atoms with E-state index in [4.69, 9.17) is 38.4 Å². The molecule has 0 radical (unpaired) electrons. The lowest BCUT2D eigenvalue weighted by atomic mass is 9.95. The Labute approximate surface area is 219 Å². The second-order valence-corrected chi connectivity index (χ2v) is 9.01. The summed E-state index contributed by atoms with van der Waals surface area (Å²) in [6.45, 7) is 6.28. The zero-order chi connectivity index (χ0) is 26.0. The van der Waals surface area contributed by atoms with Crippen LogP contribution in [0.4, 0.5) is 5.82 Å². The average molecular weight is 517 g/mol. The number of anilines is 1. The fourth-order valence-electron chi connectivity index (χ4n) is 4.16. The van der Waals surface area contributed by atoms with Gasteiger partial charge in [-0.25, -0.2) is 4.98 Å². The van der Waals surface area contributed by atoms with Crippen LogP contribution in [-0.2, 0) is 6.61 Å². The molecule has 0 spiro atoms. The van der Waals surface area contributed by atoms with Crippen LogP contribution in [0.1, 0.15) is 47.4 Å². The summed E-state index contributed by atoms with van der Waals surface area (Å²) in [6, 6.07) is 15.2. The first-order valence-electron chi connectivity index (χ1n) is 11.2. The molecule has 6 nitrogen and oxygen atoms in total. The Balaban J connectivity index is 1.74. The molecule has 4 rings (SSSR count). The summed E-state index contributed by atoms with van der Waals surface area (Å²) < 4.78 is 11.9. The van der Waals surface area contributed by atoms with Gasteiger partial charge in [0, 0.05) is 21.2 Å². The summed E-state index contributed by atoms with van der Waals surface area (Å²) in [5, 5.41) is 20.4. The zero-order valence-corrected chi connectivity index (χ0v) is 21.5. The molecule has 0 saturated carbocycles. The minimum absolute atomic E-state index is 0.122. The van der Waals surface area contributed by atoms with Crippen molar-refractivity contribution in [1.82, 2.24) is 4.98 Å². The molecule has 0 atom stereocenters. The molecule has 3 aromatic rings. The van der Waals surface area contributed by atoms with E-state index in [0.717, 1.165) is 27.8 Å². The van der Waals surface area contributed by atoms with E-state index in [1.165, 1.54) is 0 Å². The summed E-state index contributed by atoms with van der Waals surface area (Å²) in [7, 11) is 0. The molecule has 0 aliphatic heterocycles. The summed E-state index contributed by atoms with van der Waals surface area (Å²) in [5.41, 5.74) is 11.9. The van der Waals surface area contributed by atoms with E-state index in [1.807, 2.05) is 51.1 Å². The third-order valence-electron chi connectivity index (χ3n) is 5.96. The van der Waals surface area contributed by atoms with Crippen molar-refractivity contribution in [3.63, 3.8) is 0 Å². The number of nitriles is 2. The number of halogens is 2. The van der Waals surface area contributed by atoms with Gasteiger partial charge in [-0.3, -0.25) is 0 Å². The van der Waals surface area contributed by atoms with Gasteiger partial charge >= 0.3 is 0 Å². The molecule has 1 aromatic heterocycles. The minimum atomic E-state index is 0.122. The van der Waals surface area contributed by atoms with Crippen LogP contribution in [-0.4, -0.2) is 11.6 Å². The maximum Gasteiger partial charge on any atom is 0.161 e.